The summed E-state index contributed by atoms with van der Waals surface area (Å²) in [4.78, 5) is 17.2. The zero-order valence-corrected chi connectivity index (χ0v) is 15.6. The van der Waals surface area contributed by atoms with Crippen LogP contribution < -0.4 is 5.32 Å². The summed E-state index contributed by atoms with van der Waals surface area (Å²) in [6.45, 7) is 1.29. The number of carbonyl (C=O) groups excluding carboxylic acids is 1. The first kappa shape index (κ1) is 17.0. The van der Waals surface area contributed by atoms with Crippen LogP contribution in [0.15, 0.2) is 52.9 Å². The summed E-state index contributed by atoms with van der Waals surface area (Å²) in [7, 11) is 0. The number of hydrogen-bond acceptors (Lipinski definition) is 8. The third kappa shape index (κ3) is 3.28. The van der Waals surface area contributed by atoms with Crippen LogP contribution in [0.1, 0.15) is 22.1 Å². The largest absolute Gasteiger partial charge is 0.400 e. The number of anilines is 1. The molecule has 5 rings (SSSR count). The van der Waals surface area contributed by atoms with E-state index in [4.69, 9.17) is 9.15 Å². The average Bonchev–Trinajstić information content (AvgIpc) is 3.48. The lowest BCUT2D eigenvalue weighted by atomic mass is 10.1. The summed E-state index contributed by atoms with van der Waals surface area (Å²) in [5.41, 5.74) is 2.97. The molecule has 2 aromatic heterocycles. The van der Waals surface area contributed by atoms with Crippen molar-refractivity contribution >= 4 is 33.4 Å². The molecule has 0 bridgehead atoms. The van der Waals surface area contributed by atoms with Crippen LogP contribution in [0.2, 0.25) is 0 Å². The van der Waals surface area contributed by atoms with E-state index in [-0.39, 0.29) is 23.7 Å². The molecule has 140 valence electrons. The van der Waals surface area contributed by atoms with E-state index >= 15 is 0 Å². The van der Waals surface area contributed by atoms with E-state index in [1.165, 1.54) is 11.3 Å². The molecule has 1 saturated heterocycles. The Morgan fingerprint density at radius 1 is 1.11 bits per heavy atom. The van der Waals surface area contributed by atoms with E-state index in [1.54, 1.807) is 0 Å². The number of fused-ring (bicyclic) bond motifs is 1. The third-order valence-corrected chi connectivity index (χ3v) is 5.58. The summed E-state index contributed by atoms with van der Waals surface area (Å²) in [6, 6.07) is 16.4. The summed E-state index contributed by atoms with van der Waals surface area (Å²) in [5, 5.41) is 11.2. The van der Waals surface area contributed by atoms with Gasteiger partial charge in [0.25, 0.3) is 11.7 Å². The minimum absolute atomic E-state index is 0.0660. The van der Waals surface area contributed by atoms with Gasteiger partial charge in [-0.2, -0.15) is 0 Å². The van der Waals surface area contributed by atoms with Gasteiger partial charge in [-0.05, 0) is 29.7 Å². The van der Waals surface area contributed by atoms with Gasteiger partial charge in [0.2, 0.25) is 0 Å². The molecule has 28 heavy (non-hydrogen) atoms. The fourth-order valence-electron chi connectivity index (χ4n) is 3.12. The van der Waals surface area contributed by atoms with Crippen molar-refractivity contribution in [1.29, 1.82) is 0 Å². The Morgan fingerprint density at radius 2 is 2.00 bits per heavy atom. The molecular weight excluding hydrogens is 376 g/mol. The molecule has 0 radical (unpaired) electrons. The van der Waals surface area contributed by atoms with E-state index < -0.39 is 0 Å². The molecule has 1 aliphatic heterocycles. The van der Waals surface area contributed by atoms with Gasteiger partial charge in [0.05, 0.1) is 22.9 Å². The van der Waals surface area contributed by atoms with Crippen LogP contribution in [0.3, 0.4) is 0 Å². The molecule has 4 aromatic rings. The number of carbonyl (C=O) groups is 1. The Balaban J connectivity index is 1.39. The molecular formula is C20H16N4O3S. The van der Waals surface area contributed by atoms with Crippen molar-refractivity contribution in [2.75, 3.05) is 18.5 Å². The standard InChI is InChI=1S/C20H16N4O3S/c25-17(18-23-24-20(27-18)21-14-8-9-26-11-14)19-22-15-7-6-13(10-16(15)28-19)12-4-2-1-3-5-12/h1-7,10,14H,8-9,11H2,(H,21,24). The fraction of sp³-hybridized carbons (Fsp3) is 0.200. The van der Waals surface area contributed by atoms with Crippen LogP contribution in [0.4, 0.5) is 6.01 Å². The first-order valence-corrected chi connectivity index (χ1v) is 9.76. The molecule has 1 fully saturated rings. The maximum Gasteiger partial charge on any atom is 0.316 e. The summed E-state index contributed by atoms with van der Waals surface area (Å²) in [6.07, 6.45) is 0.868. The van der Waals surface area contributed by atoms with Gasteiger partial charge in [-0.25, -0.2) is 4.98 Å². The minimum Gasteiger partial charge on any atom is -0.400 e. The van der Waals surface area contributed by atoms with E-state index in [9.17, 15) is 4.79 Å². The summed E-state index contributed by atoms with van der Waals surface area (Å²) >= 11 is 1.32. The molecule has 1 aliphatic rings. The Hall–Kier alpha value is -3.10. The number of hydrogen-bond donors (Lipinski definition) is 1. The summed E-state index contributed by atoms with van der Waals surface area (Å²) in [5.74, 6) is -0.436. The van der Waals surface area contributed by atoms with Crippen molar-refractivity contribution in [3.05, 3.63) is 59.4 Å². The van der Waals surface area contributed by atoms with E-state index in [0.717, 1.165) is 27.8 Å². The molecule has 0 saturated carbocycles. The Morgan fingerprint density at radius 3 is 2.82 bits per heavy atom. The maximum atomic E-state index is 12.7. The second kappa shape index (κ2) is 7.14. The molecule has 0 aliphatic carbocycles. The number of thiazole rings is 1. The Bertz CT molecular complexity index is 1130. The van der Waals surface area contributed by atoms with Gasteiger partial charge in [0, 0.05) is 6.61 Å². The molecule has 1 unspecified atom stereocenters. The highest BCUT2D eigenvalue weighted by molar-refractivity contribution is 7.20. The molecule has 3 heterocycles. The second-order valence-corrected chi connectivity index (χ2v) is 7.54. The number of ether oxygens (including phenoxy) is 1. The SMILES string of the molecule is O=C(c1nnc(NC2CCOC2)o1)c1nc2ccc(-c3ccccc3)cc2s1. The number of ketones is 1. The van der Waals surface area contributed by atoms with Crippen molar-refractivity contribution in [2.45, 2.75) is 12.5 Å². The third-order valence-electron chi connectivity index (χ3n) is 4.57. The predicted molar refractivity (Wildman–Crippen MR) is 106 cm³/mol. The van der Waals surface area contributed by atoms with E-state index in [2.05, 4.69) is 32.6 Å². The van der Waals surface area contributed by atoms with Crippen LogP contribution in [-0.4, -0.2) is 40.2 Å². The molecule has 2 aromatic carbocycles. The predicted octanol–water partition coefficient (Wildman–Crippen LogP) is 3.78. The lowest BCUT2D eigenvalue weighted by molar-refractivity contribution is 0.100. The number of nitrogens with one attached hydrogen (secondary N) is 1. The Labute approximate surface area is 164 Å². The van der Waals surface area contributed by atoms with Gasteiger partial charge in [-0.15, -0.1) is 16.4 Å². The van der Waals surface area contributed by atoms with Gasteiger partial charge in [-0.3, -0.25) is 4.79 Å². The molecule has 7 nitrogen and oxygen atoms in total. The number of benzene rings is 2. The van der Waals surface area contributed by atoms with Crippen LogP contribution in [-0.2, 0) is 4.74 Å². The smallest absolute Gasteiger partial charge is 0.316 e. The van der Waals surface area contributed by atoms with E-state index in [1.807, 2.05) is 36.4 Å². The van der Waals surface area contributed by atoms with Gasteiger partial charge >= 0.3 is 6.01 Å². The van der Waals surface area contributed by atoms with Gasteiger partial charge in [0.15, 0.2) is 5.01 Å². The fourth-order valence-corrected chi connectivity index (χ4v) is 4.06. The van der Waals surface area contributed by atoms with Crippen molar-refractivity contribution in [3.8, 4) is 11.1 Å². The quantitative estimate of drug-likeness (QED) is 0.517. The van der Waals surface area contributed by atoms with Crippen molar-refractivity contribution in [3.63, 3.8) is 0 Å². The highest BCUT2D eigenvalue weighted by Gasteiger charge is 2.23. The van der Waals surface area contributed by atoms with Gasteiger partial charge < -0.3 is 14.5 Å². The monoisotopic (exact) mass is 392 g/mol. The molecule has 0 spiro atoms. The van der Waals surface area contributed by atoms with Crippen LogP contribution in [0.5, 0.6) is 0 Å². The van der Waals surface area contributed by atoms with Crippen molar-refractivity contribution < 1.29 is 13.9 Å². The first-order chi connectivity index (χ1) is 13.8. The molecule has 0 amide bonds. The topological polar surface area (TPSA) is 90.1 Å². The maximum absolute atomic E-state index is 12.7. The lowest BCUT2D eigenvalue weighted by Gasteiger charge is -2.05. The number of aromatic nitrogens is 3. The van der Waals surface area contributed by atoms with E-state index in [0.29, 0.717) is 18.2 Å². The second-order valence-electron chi connectivity index (χ2n) is 6.51. The first-order valence-electron chi connectivity index (χ1n) is 8.95. The van der Waals surface area contributed by atoms with Crippen molar-refractivity contribution in [2.24, 2.45) is 0 Å². The van der Waals surface area contributed by atoms with Gasteiger partial charge in [-0.1, -0.05) is 41.5 Å². The summed E-state index contributed by atoms with van der Waals surface area (Å²) < 4.78 is 11.7. The van der Waals surface area contributed by atoms with Crippen LogP contribution in [0.25, 0.3) is 21.3 Å². The highest BCUT2D eigenvalue weighted by Crippen LogP contribution is 2.29. The molecule has 1 N–H and O–H groups in total. The highest BCUT2D eigenvalue weighted by atomic mass is 32.1. The lowest BCUT2D eigenvalue weighted by Crippen LogP contribution is -2.18. The Kier molecular flexibility index (Phi) is 4.34. The number of nitrogens with zero attached hydrogens (tertiary/aromatic N) is 3. The molecule has 1 atom stereocenters. The van der Waals surface area contributed by atoms with Crippen LogP contribution >= 0.6 is 11.3 Å². The minimum atomic E-state index is -0.370. The van der Waals surface area contributed by atoms with Crippen molar-refractivity contribution in [1.82, 2.24) is 15.2 Å². The van der Waals surface area contributed by atoms with Crippen LogP contribution in [0, 0.1) is 0 Å². The normalized spacial score (nSPS) is 16.5. The zero-order valence-electron chi connectivity index (χ0n) is 14.8. The zero-order chi connectivity index (χ0) is 18.9. The molecule has 8 heteroatoms. The van der Waals surface area contributed by atoms with Gasteiger partial charge in [0.1, 0.15) is 0 Å². The average molecular weight is 392 g/mol. The number of rotatable bonds is 5.